The van der Waals surface area contributed by atoms with Gasteiger partial charge in [-0.1, -0.05) is 6.92 Å². The smallest absolute Gasteiger partial charge is 0.255 e. The molecule has 1 aliphatic carbocycles. The van der Waals surface area contributed by atoms with Crippen molar-refractivity contribution in [1.29, 1.82) is 0 Å². The zero-order chi connectivity index (χ0) is 22.6. The van der Waals surface area contributed by atoms with Crippen molar-refractivity contribution in [3.8, 4) is 22.6 Å². The van der Waals surface area contributed by atoms with Gasteiger partial charge in [-0.3, -0.25) is 4.79 Å². The van der Waals surface area contributed by atoms with Gasteiger partial charge in [0, 0.05) is 41.9 Å². The first-order chi connectivity index (χ1) is 15.4. The number of fused-ring (bicyclic) bond motifs is 1. The van der Waals surface area contributed by atoms with Crippen LogP contribution in [0.3, 0.4) is 0 Å². The Morgan fingerprint density at radius 2 is 1.97 bits per heavy atom. The van der Waals surface area contributed by atoms with Crippen LogP contribution < -0.4 is 0 Å². The summed E-state index contributed by atoms with van der Waals surface area (Å²) in [6.45, 7) is 8.67. The minimum atomic E-state index is -0.131. The Morgan fingerprint density at radius 1 is 1.19 bits per heavy atom. The molecule has 0 radical (unpaired) electrons. The molecule has 0 saturated heterocycles. The van der Waals surface area contributed by atoms with Crippen molar-refractivity contribution < 1.29 is 9.90 Å². The van der Waals surface area contributed by atoms with Crippen LogP contribution in [0.15, 0.2) is 24.4 Å². The summed E-state index contributed by atoms with van der Waals surface area (Å²) in [5.74, 6) is 1.27. The zero-order valence-electron chi connectivity index (χ0n) is 19.0. The summed E-state index contributed by atoms with van der Waals surface area (Å²) in [6.07, 6.45) is 4.13. The van der Waals surface area contributed by atoms with Crippen molar-refractivity contribution in [2.45, 2.75) is 59.0 Å². The third-order valence-corrected chi connectivity index (χ3v) is 7.03. The maximum Gasteiger partial charge on any atom is 0.255 e. The average molecular weight is 432 g/mol. The highest BCUT2D eigenvalue weighted by molar-refractivity contribution is 6.01. The van der Waals surface area contributed by atoms with Gasteiger partial charge in [0.2, 0.25) is 0 Å². The lowest BCUT2D eigenvalue weighted by Crippen LogP contribution is -2.35. The van der Waals surface area contributed by atoms with E-state index in [4.69, 9.17) is 0 Å². The van der Waals surface area contributed by atoms with Crippen molar-refractivity contribution in [1.82, 2.24) is 25.1 Å². The summed E-state index contributed by atoms with van der Waals surface area (Å²) in [4.78, 5) is 23.2. The number of amides is 1. The Balaban J connectivity index is 1.57. The normalized spacial score (nSPS) is 17.5. The van der Waals surface area contributed by atoms with Crippen LogP contribution in [0, 0.1) is 19.8 Å². The Labute approximate surface area is 187 Å². The molecule has 1 aromatic carbocycles. The Bertz CT molecular complexity index is 1180. The van der Waals surface area contributed by atoms with Gasteiger partial charge in [-0.15, -0.1) is 5.10 Å². The highest BCUT2D eigenvalue weighted by Crippen LogP contribution is 2.41. The maximum atomic E-state index is 13.3. The van der Waals surface area contributed by atoms with Crippen LogP contribution in [-0.2, 0) is 6.54 Å². The summed E-state index contributed by atoms with van der Waals surface area (Å²) in [7, 11) is 0. The lowest BCUT2D eigenvalue weighted by Gasteiger charge is -2.24. The van der Waals surface area contributed by atoms with E-state index in [0.29, 0.717) is 24.0 Å². The average Bonchev–Trinajstić information content (AvgIpc) is 3.53. The van der Waals surface area contributed by atoms with E-state index < -0.39 is 0 Å². The fourth-order valence-electron chi connectivity index (χ4n) is 4.64. The van der Waals surface area contributed by atoms with Crippen LogP contribution in [0.2, 0.25) is 0 Å². The topological polar surface area (TPSA) is 95.0 Å². The number of aromatic nitrogens is 4. The lowest BCUT2D eigenvalue weighted by atomic mass is 9.90. The predicted octanol–water partition coefficient (Wildman–Crippen LogP) is 4.00. The van der Waals surface area contributed by atoms with Crippen molar-refractivity contribution in [3.05, 3.63) is 52.5 Å². The largest absolute Gasteiger partial charge is 0.396 e. The van der Waals surface area contributed by atoms with E-state index in [2.05, 4.69) is 33.2 Å². The SMILES string of the molecule is Cc1nc(-c2cc(-c3cc4c(c(C(C)CO)c3)C(=O)N([C@@H](C)C3CC3)C4)cnn2)[nH]c1C. The summed E-state index contributed by atoms with van der Waals surface area (Å²) in [5.41, 5.74) is 7.20. The number of aryl methyl sites for hydroxylation is 2. The fourth-order valence-corrected chi connectivity index (χ4v) is 4.64. The van der Waals surface area contributed by atoms with Crippen molar-refractivity contribution in [2.24, 2.45) is 5.92 Å². The third kappa shape index (κ3) is 3.50. The van der Waals surface area contributed by atoms with Gasteiger partial charge in [-0.25, -0.2) is 4.98 Å². The lowest BCUT2D eigenvalue weighted by molar-refractivity contribution is 0.0696. The molecule has 1 unspecified atom stereocenters. The van der Waals surface area contributed by atoms with Gasteiger partial charge in [0.25, 0.3) is 5.91 Å². The van der Waals surface area contributed by atoms with E-state index in [0.717, 1.165) is 39.2 Å². The zero-order valence-corrected chi connectivity index (χ0v) is 19.0. The van der Waals surface area contributed by atoms with E-state index >= 15 is 0 Å². The number of aliphatic hydroxyl groups is 1. The molecule has 2 atom stereocenters. The fraction of sp³-hybridized carbons (Fsp3) is 0.440. The van der Waals surface area contributed by atoms with Crippen LogP contribution in [0.25, 0.3) is 22.6 Å². The van der Waals surface area contributed by atoms with Crippen LogP contribution >= 0.6 is 0 Å². The molecule has 2 aromatic heterocycles. The minimum Gasteiger partial charge on any atom is -0.396 e. The summed E-state index contributed by atoms with van der Waals surface area (Å²) in [5, 5.41) is 18.4. The number of benzene rings is 1. The second-order valence-corrected chi connectivity index (χ2v) is 9.32. The first-order valence-corrected chi connectivity index (χ1v) is 11.3. The number of aliphatic hydroxyl groups excluding tert-OH is 1. The second-order valence-electron chi connectivity index (χ2n) is 9.32. The molecule has 1 saturated carbocycles. The molecule has 0 bridgehead atoms. The molecular formula is C25H29N5O2. The number of carbonyl (C=O) groups is 1. The number of hydrogen-bond acceptors (Lipinski definition) is 5. The number of imidazole rings is 1. The maximum absolute atomic E-state index is 13.3. The monoisotopic (exact) mass is 431 g/mol. The molecule has 2 N–H and O–H groups in total. The van der Waals surface area contributed by atoms with E-state index in [1.165, 1.54) is 12.8 Å². The number of carbonyl (C=O) groups excluding carboxylic acids is 1. The standard InChI is InChI=1S/C25H29N5O2/c1-13(12-31)21-8-18(7-20-11-30(25(32)23(20)21)16(4)17-5-6-17)19-9-22(29-26-10-19)24-27-14(2)15(3)28-24/h7-10,13,16-17,31H,5-6,11-12H2,1-4H3,(H,27,28)/t13?,16-/m0/s1. The molecule has 5 rings (SSSR count). The van der Waals surface area contributed by atoms with Gasteiger partial charge in [0.05, 0.1) is 11.9 Å². The van der Waals surface area contributed by atoms with Crippen molar-refractivity contribution >= 4 is 5.91 Å². The molecule has 7 heteroatoms. The van der Waals surface area contributed by atoms with Crippen molar-refractivity contribution in [2.75, 3.05) is 6.61 Å². The highest BCUT2D eigenvalue weighted by Gasteiger charge is 2.40. The van der Waals surface area contributed by atoms with Crippen LogP contribution in [0.1, 0.15) is 65.5 Å². The van der Waals surface area contributed by atoms with Gasteiger partial charge in [0.1, 0.15) is 5.69 Å². The van der Waals surface area contributed by atoms with Gasteiger partial charge in [0.15, 0.2) is 5.82 Å². The number of aromatic amines is 1. The van der Waals surface area contributed by atoms with Gasteiger partial charge in [-0.2, -0.15) is 5.10 Å². The molecule has 3 aromatic rings. The first-order valence-electron chi connectivity index (χ1n) is 11.3. The molecule has 3 heterocycles. The number of nitrogens with zero attached hydrogens (tertiary/aromatic N) is 4. The number of nitrogens with one attached hydrogen (secondary N) is 1. The summed E-state index contributed by atoms with van der Waals surface area (Å²) in [6, 6.07) is 6.35. The number of rotatable bonds is 6. The van der Waals surface area contributed by atoms with E-state index in [1.807, 2.05) is 37.8 Å². The first kappa shape index (κ1) is 20.8. The van der Waals surface area contributed by atoms with Crippen LogP contribution in [-0.4, -0.2) is 48.7 Å². The molecule has 7 nitrogen and oxygen atoms in total. The molecule has 166 valence electrons. The molecule has 1 amide bonds. The third-order valence-electron chi connectivity index (χ3n) is 7.03. The molecule has 0 spiro atoms. The second kappa shape index (κ2) is 7.81. The van der Waals surface area contributed by atoms with Crippen LogP contribution in [0.5, 0.6) is 0 Å². The van der Waals surface area contributed by atoms with Gasteiger partial charge in [-0.05, 0) is 74.4 Å². The number of hydrogen-bond donors (Lipinski definition) is 2. The molecule has 1 aliphatic heterocycles. The minimum absolute atomic E-state index is 0.00779. The Morgan fingerprint density at radius 3 is 2.62 bits per heavy atom. The quantitative estimate of drug-likeness (QED) is 0.615. The Kier molecular flexibility index (Phi) is 5.08. The van der Waals surface area contributed by atoms with Crippen molar-refractivity contribution in [3.63, 3.8) is 0 Å². The number of H-pyrrole nitrogens is 1. The highest BCUT2D eigenvalue weighted by atomic mass is 16.3. The van der Waals surface area contributed by atoms with Gasteiger partial charge >= 0.3 is 0 Å². The van der Waals surface area contributed by atoms with Gasteiger partial charge < -0.3 is 15.0 Å². The predicted molar refractivity (Wildman–Crippen MR) is 122 cm³/mol. The molecular weight excluding hydrogens is 402 g/mol. The molecule has 2 aliphatic rings. The summed E-state index contributed by atoms with van der Waals surface area (Å²) >= 11 is 0. The summed E-state index contributed by atoms with van der Waals surface area (Å²) < 4.78 is 0. The van der Waals surface area contributed by atoms with E-state index in [1.54, 1.807) is 6.20 Å². The Hall–Kier alpha value is -3.06. The molecule has 32 heavy (non-hydrogen) atoms. The van der Waals surface area contributed by atoms with E-state index in [9.17, 15) is 9.90 Å². The molecule has 1 fully saturated rings. The van der Waals surface area contributed by atoms with E-state index in [-0.39, 0.29) is 24.5 Å². The van der Waals surface area contributed by atoms with Crippen LogP contribution in [0.4, 0.5) is 0 Å².